The van der Waals surface area contributed by atoms with Crippen molar-refractivity contribution in [1.82, 2.24) is 19.7 Å². The molecule has 1 aromatic heterocycles. The summed E-state index contributed by atoms with van der Waals surface area (Å²) < 4.78 is 1.95. The van der Waals surface area contributed by atoms with E-state index in [0.717, 1.165) is 37.3 Å². The van der Waals surface area contributed by atoms with Gasteiger partial charge in [-0.1, -0.05) is 18.2 Å². The van der Waals surface area contributed by atoms with Crippen LogP contribution < -0.4 is 0 Å². The highest BCUT2D eigenvalue weighted by atomic mass is 16.2. The van der Waals surface area contributed by atoms with Crippen LogP contribution in [0.1, 0.15) is 34.9 Å². The Balaban J connectivity index is 1.76. The van der Waals surface area contributed by atoms with Crippen molar-refractivity contribution < 1.29 is 4.79 Å². The molecule has 0 radical (unpaired) electrons. The SMILES string of the molecule is Cn1cnnc1C1CCCN(C(=O)c2ccccc2)C1. The zero-order chi connectivity index (χ0) is 13.9. The fourth-order valence-electron chi connectivity index (χ4n) is 2.80. The average molecular weight is 270 g/mol. The van der Waals surface area contributed by atoms with Crippen LogP contribution in [-0.2, 0) is 7.05 Å². The van der Waals surface area contributed by atoms with Crippen molar-refractivity contribution >= 4 is 5.91 Å². The summed E-state index contributed by atoms with van der Waals surface area (Å²) in [7, 11) is 1.95. The maximum atomic E-state index is 12.5. The lowest BCUT2D eigenvalue weighted by Gasteiger charge is -2.32. The van der Waals surface area contributed by atoms with Gasteiger partial charge in [0.25, 0.3) is 5.91 Å². The molecule has 1 saturated heterocycles. The molecule has 104 valence electrons. The van der Waals surface area contributed by atoms with E-state index >= 15 is 0 Å². The number of nitrogens with zero attached hydrogens (tertiary/aromatic N) is 4. The molecule has 0 aliphatic carbocycles. The Hall–Kier alpha value is -2.17. The minimum atomic E-state index is 0.109. The van der Waals surface area contributed by atoms with Crippen LogP contribution in [0, 0.1) is 0 Å². The molecule has 2 heterocycles. The number of piperidine rings is 1. The normalized spacial score (nSPS) is 19.1. The molecule has 1 fully saturated rings. The summed E-state index contributed by atoms with van der Waals surface area (Å²) in [6, 6.07) is 9.46. The monoisotopic (exact) mass is 270 g/mol. The number of aryl methyl sites for hydroxylation is 1. The number of benzene rings is 1. The number of carbonyl (C=O) groups excluding carboxylic acids is 1. The number of hydrogen-bond donors (Lipinski definition) is 0. The average Bonchev–Trinajstić information content (AvgIpc) is 2.94. The first-order valence-corrected chi connectivity index (χ1v) is 6.94. The number of rotatable bonds is 2. The quantitative estimate of drug-likeness (QED) is 0.836. The van der Waals surface area contributed by atoms with E-state index < -0.39 is 0 Å². The van der Waals surface area contributed by atoms with E-state index in [9.17, 15) is 4.79 Å². The molecule has 2 aromatic rings. The van der Waals surface area contributed by atoms with E-state index in [2.05, 4.69) is 10.2 Å². The van der Waals surface area contributed by atoms with E-state index in [1.54, 1.807) is 6.33 Å². The number of aromatic nitrogens is 3. The summed E-state index contributed by atoms with van der Waals surface area (Å²) >= 11 is 0. The lowest BCUT2D eigenvalue weighted by Crippen LogP contribution is -2.39. The molecule has 1 aliphatic rings. The summed E-state index contributed by atoms with van der Waals surface area (Å²) in [6.45, 7) is 1.54. The van der Waals surface area contributed by atoms with Crippen molar-refractivity contribution in [3.8, 4) is 0 Å². The highest BCUT2D eigenvalue weighted by molar-refractivity contribution is 5.94. The van der Waals surface area contributed by atoms with E-state index in [1.807, 2.05) is 46.8 Å². The molecule has 0 bridgehead atoms. The third-order valence-electron chi connectivity index (χ3n) is 3.84. The van der Waals surface area contributed by atoms with Gasteiger partial charge in [-0.25, -0.2) is 0 Å². The van der Waals surface area contributed by atoms with Gasteiger partial charge >= 0.3 is 0 Å². The van der Waals surface area contributed by atoms with Crippen molar-refractivity contribution in [2.45, 2.75) is 18.8 Å². The van der Waals surface area contributed by atoms with Gasteiger partial charge in [-0.05, 0) is 25.0 Å². The maximum Gasteiger partial charge on any atom is 0.253 e. The molecule has 1 unspecified atom stereocenters. The van der Waals surface area contributed by atoms with Crippen LogP contribution in [0.5, 0.6) is 0 Å². The highest BCUT2D eigenvalue weighted by Gasteiger charge is 2.27. The molecule has 1 aromatic carbocycles. The Kier molecular flexibility index (Phi) is 3.50. The standard InChI is InChI=1S/C15H18N4O/c1-18-11-16-17-14(18)13-8-5-9-19(10-13)15(20)12-6-3-2-4-7-12/h2-4,6-7,11,13H,5,8-10H2,1H3. The van der Waals surface area contributed by atoms with E-state index in [1.165, 1.54) is 0 Å². The van der Waals surface area contributed by atoms with Gasteiger partial charge in [0.05, 0.1) is 0 Å². The summed E-state index contributed by atoms with van der Waals surface area (Å²) in [5.41, 5.74) is 0.756. The molecule has 5 nitrogen and oxygen atoms in total. The van der Waals surface area contributed by atoms with Gasteiger partial charge in [-0.15, -0.1) is 10.2 Å². The van der Waals surface area contributed by atoms with Crippen LogP contribution in [0.2, 0.25) is 0 Å². The van der Waals surface area contributed by atoms with Gasteiger partial charge in [0, 0.05) is 31.6 Å². The van der Waals surface area contributed by atoms with Crippen molar-refractivity contribution in [3.05, 3.63) is 48.0 Å². The fraction of sp³-hybridized carbons (Fsp3) is 0.400. The predicted octanol–water partition coefficient (Wildman–Crippen LogP) is 1.83. The lowest BCUT2D eigenvalue weighted by atomic mass is 9.96. The zero-order valence-corrected chi connectivity index (χ0v) is 11.6. The summed E-state index contributed by atoms with van der Waals surface area (Å²) in [6.07, 6.45) is 3.79. The van der Waals surface area contributed by atoms with Crippen LogP contribution in [0.15, 0.2) is 36.7 Å². The Morgan fingerprint density at radius 3 is 2.80 bits per heavy atom. The Bertz CT molecular complexity index is 593. The smallest absolute Gasteiger partial charge is 0.253 e. The predicted molar refractivity (Wildman–Crippen MR) is 75.3 cm³/mol. The van der Waals surface area contributed by atoms with E-state index in [4.69, 9.17) is 0 Å². The third-order valence-corrected chi connectivity index (χ3v) is 3.84. The minimum Gasteiger partial charge on any atom is -0.338 e. The van der Waals surface area contributed by atoms with Gasteiger partial charge in [0.15, 0.2) is 0 Å². The Morgan fingerprint density at radius 2 is 2.10 bits per heavy atom. The van der Waals surface area contributed by atoms with Crippen molar-refractivity contribution in [3.63, 3.8) is 0 Å². The molecule has 3 rings (SSSR count). The molecule has 1 amide bonds. The molecule has 1 aliphatic heterocycles. The highest BCUT2D eigenvalue weighted by Crippen LogP contribution is 2.25. The third kappa shape index (κ3) is 2.43. The van der Waals surface area contributed by atoms with Crippen molar-refractivity contribution in [2.24, 2.45) is 7.05 Å². The molecule has 20 heavy (non-hydrogen) atoms. The summed E-state index contributed by atoms with van der Waals surface area (Å²) in [4.78, 5) is 14.4. The molecule has 1 atom stereocenters. The lowest BCUT2D eigenvalue weighted by molar-refractivity contribution is 0.0703. The van der Waals surface area contributed by atoms with Gasteiger partial charge in [0.2, 0.25) is 0 Å². The van der Waals surface area contributed by atoms with Gasteiger partial charge in [0.1, 0.15) is 12.2 Å². The number of hydrogen-bond acceptors (Lipinski definition) is 3. The van der Waals surface area contributed by atoms with Crippen LogP contribution in [0.4, 0.5) is 0 Å². The Morgan fingerprint density at radius 1 is 1.30 bits per heavy atom. The van der Waals surface area contributed by atoms with Crippen LogP contribution in [0.3, 0.4) is 0 Å². The van der Waals surface area contributed by atoms with Crippen LogP contribution >= 0.6 is 0 Å². The zero-order valence-electron chi connectivity index (χ0n) is 11.6. The van der Waals surface area contributed by atoms with Gasteiger partial charge < -0.3 is 9.47 Å². The first-order chi connectivity index (χ1) is 9.75. The van der Waals surface area contributed by atoms with E-state index in [0.29, 0.717) is 0 Å². The van der Waals surface area contributed by atoms with E-state index in [-0.39, 0.29) is 11.8 Å². The van der Waals surface area contributed by atoms with Crippen molar-refractivity contribution in [1.29, 1.82) is 0 Å². The second-order valence-electron chi connectivity index (χ2n) is 5.26. The number of likely N-dealkylation sites (tertiary alicyclic amines) is 1. The second kappa shape index (κ2) is 5.45. The van der Waals surface area contributed by atoms with Gasteiger partial charge in [-0.2, -0.15) is 0 Å². The number of amides is 1. The second-order valence-corrected chi connectivity index (χ2v) is 5.26. The Labute approximate surface area is 118 Å². The topological polar surface area (TPSA) is 51.0 Å². The molecule has 0 spiro atoms. The molecular weight excluding hydrogens is 252 g/mol. The number of carbonyl (C=O) groups is 1. The largest absolute Gasteiger partial charge is 0.338 e. The van der Waals surface area contributed by atoms with Crippen molar-refractivity contribution in [2.75, 3.05) is 13.1 Å². The van der Waals surface area contributed by atoms with Crippen LogP contribution in [0.25, 0.3) is 0 Å². The summed E-state index contributed by atoms with van der Waals surface area (Å²) in [5, 5.41) is 8.12. The molecule has 0 saturated carbocycles. The fourth-order valence-corrected chi connectivity index (χ4v) is 2.80. The molecular formula is C15H18N4O. The van der Waals surface area contributed by atoms with Crippen LogP contribution in [-0.4, -0.2) is 38.7 Å². The van der Waals surface area contributed by atoms with Gasteiger partial charge in [-0.3, -0.25) is 4.79 Å². The molecule has 0 N–H and O–H groups in total. The first-order valence-electron chi connectivity index (χ1n) is 6.94. The maximum absolute atomic E-state index is 12.5. The first kappa shape index (κ1) is 12.8. The minimum absolute atomic E-state index is 0.109. The summed E-state index contributed by atoms with van der Waals surface area (Å²) in [5.74, 6) is 1.36. The molecule has 5 heteroatoms.